The first kappa shape index (κ1) is 11.7. The zero-order valence-electron chi connectivity index (χ0n) is 11.0. The van der Waals surface area contributed by atoms with Crippen molar-refractivity contribution in [3.63, 3.8) is 0 Å². The number of nitrogens with two attached hydrogens (primary N) is 1. The molecular formula is C13H25N3. The Morgan fingerprint density at radius 2 is 2.12 bits per heavy atom. The van der Waals surface area contributed by atoms with Gasteiger partial charge >= 0.3 is 0 Å². The molecule has 2 fully saturated rings. The van der Waals surface area contributed by atoms with Crippen molar-refractivity contribution in [1.29, 1.82) is 0 Å². The standard InChI is InChI=1S/C13H25N3/c1-5-15-11(14)16-10-12(2,3)9-6-7-13(10,4)8-9/h9-10H,5-8H2,1-4H3,(H3,14,15,16). The number of hydrogen-bond acceptors (Lipinski definition) is 1. The number of guanidine groups is 1. The Morgan fingerprint density at radius 3 is 2.62 bits per heavy atom. The largest absolute Gasteiger partial charge is 0.370 e. The van der Waals surface area contributed by atoms with Gasteiger partial charge in [0.15, 0.2) is 5.96 Å². The number of aliphatic imine (C=N–C) groups is 1. The monoisotopic (exact) mass is 223 g/mol. The predicted octanol–water partition coefficient (Wildman–Crippen LogP) is 2.13. The minimum absolute atomic E-state index is 0.348. The Bertz CT molecular complexity index is 304. The van der Waals surface area contributed by atoms with Crippen molar-refractivity contribution in [2.75, 3.05) is 6.54 Å². The summed E-state index contributed by atoms with van der Waals surface area (Å²) in [5.74, 6) is 1.47. The second-order valence-electron chi connectivity index (χ2n) is 6.35. The van der Waals surface area contributed by atoms with Crippen molar-refractivity contribution >= 4 is 5.96 Å². The minimum Gasteiger partial charge on any atom is -0.370 e. The lowest BCUT2D eigenvalue weighted by Crippen LogP contribution is -2.54. The summed E-state index contributed by atoms with van der Waals surface area (Å²) < 4.78 is 0. The summed E-state index contributed by atoms with van der Waals surface area (Å²) in [6, 6.07) is 0.481. The molecule has 0 saturated heterocycles. The number of rotatable bonds is 2. The van der Waals surface area contributed by atoms with Gasteiger partial charge in [0.2, 0.25) is 0 Å². The second-order valence-corrected chi connectivity index (χ2v) is 6.35. The van der Waals surface area contributed by atoms with Crippen LogP contribution in [0, 0.1) is 16.7 Å². The van der Waals surface area contributed by atoms with Crippen LogP contribution in [-0.4, -0.2) is 18.5 Å². The van der Waals surface area contributed by atoms with Crippen LogP contribution in [0.4, 0.5) is 0 Å². The van der Waals surface area contributed by atoms with Crippen LogP contribution in [0.1, 0.15) is 47.0 Å². The van der Waals surface area contributed by atoms with Crippen molar-refractivity contribution in [2.45, 2.75) is 53.0 Å². The topological polar surface area (TPSA) is 50.4 Å². The van der Waals surface area contributed by atoms with Crippen LogP contribution < -0.4 is 11.1 Å². The Hall–Kier alpha value is -0.730. The quantitative estimate of drug-likeness (QED) is 0.556. The van der Waals surface area contributed by atoms with Crippen LogP contribution in [0.3, 0.4) is 0 Å². The van der Waals surface area contributed by atoms with E-state index in [4.69, 9.17) is 5.73 Å². The summed E-state index contributed by atoms with van der Waals surface area (Å²) in [6.45, 7) is 9.92. The zero-order valence-corrected chi connectivity index (χ0v) is 11.0. The molecular weight excluding hydrogens is 198 g/mol. The Balaban J connectivity index is 2.17. The molecule has 0 spiro atoms. The number of nitrogens with one attached hydrogen (secondary N) is 1. The number of fused-ring (bicyclic) bond motifs is 2. The lowest BCUT2D eigenvalue weighted by molar-refractivity contribution is 0.125. The van der Waals surface area contributed by atoms with E-state index in [1.54, 1.807) is 0 Å². The summed E-state index contributed by atoms with van der Waals surface area (Å²) in [4.78, 5) is 4.25. The summed E-state index contributed by atoms with van der Waals surface area (Å²) in [5, 5.41) is 3.47. The number of hydrogen-bond donors (Lipinski definition) is 2. The van der Waals surface area contributed by atoms with Crippen molar-refractivity contribution in [1.82, 2.24) is 5.32 Å². The smallest absolute Gasteiger partial charge is 0.188 e. The highest BCUT2D eigenvalue weighted by Crippen LogP contribution is 2.62. The van der Waals surface area contributed by atoms with Gasteiger partial charge in [0, 0.05) is 12.6 Å². The minimum atomic E-state index is 0.348. The maximum Gasteiger partial charge on any atom is 0.188 e. The third kappa shape index (κ3) is 1.61. The Morgan fingerprint density at radius 1 is 1.44 bits per heavy atom. The van der Waals surface area contributed by atoms with E-state index < -0.39 is 0 Å². The molecule has 0 radical (unpaired) electrons. The molecule has 2 aliphatic rings. The van der Waals surface area contributed by atoms with Gasteiger partial charge in [-0.3, -0.25) is 4.99 Å². The molecule has 0 aromatic carbocycles. The van der Waals surface area contributed by atoms with Gasteiger partial charge in [-0.05, 0) is 42.9 Å². The molecule has 0 aromatic rings. The molecule has 3 heteroatoms. The molecule has 0 amide bonds. The molecule has 0 aliphatic heterocycles. The number of nitrogens with zero attached hydrogens (tertiary/aromatic N) is 1. The zero-order chi connectivity index (χ0) is 12.0. The normalized spacial score (nSPS) is 41.4. The van der Waals surface area contributed by atoms with E-state index >= 15 is 0 Å². The first-order chi connectivity index (χ1) is 7.40. The van der Waals surface area contributed by atoms with Gasteiger partial charge in [-0.25, -0.2) is 0 Å². The van der Waals surface area contributed by atoms with Crippen LogP contribution in [0.15, 0.2) is 4.99 Å². The summed E-state index contributed by atoms with van der Waals surface area (Å²) >= 11 is 0. The lowest BCUT2D eigenvalue weighted by Gasteiger charge is -2.43. The molecule has 0 heterocycles. The molecule has 16 heavy (non-hydrogen) atoms. The van der Waals surface area contributed by atoms with Crippen LogP contribution in [-0.2, 0) is 0 Å². The van der Waals surface area contributed by atoms with Gasteiger partial charge in [-0.1, -0.05) is 20.8 Å². The van der Waals surface area contributed by atoms with E-state index in [1.165, 1.54) is 19.3 Å². The molecule has 2 saturated carbocycles. The summed E-state index contributed by atoms with van der Waals surface area (Å²) in [5.41, 5.74) is 6.68. The van der Waals surface area contributed by atoms with Crippen LogP contribution >= 0.6 is 0 Å². The first-order valence-electron chi connectivity index (χ1n) is 6.46. The molecule has 2 aliphatic carbocycles. The van der Waals surface area contributed by atoms with Gasteiger partial charge in [0.25, 0.3) is 0 Å². The van der Waals surface area contributed by atoms with Crippen LogP contribution in [0.2, 0.25) is 0 Å². The van der Waals surface area contributed by atoms with Crippen molar-refractivity contribution in [2.24, 2.45) is 27.5 Å². The van der Waals surface area contributed by atoms with Crippen molar-refractivity contribution < 1.29 is 0 Å². The average Bonchev–Trinajstić information content (AvgIpc) is 2.64. The van der Waals surface area contributed by atoms with Gasteiger partial charge in [-0.2, -0.15) is 0 Å². The average molecular weight is 223 g/mol. The van der Waals surface area contributed by atoms with Crippen molar-refractivity contribution in [3.8, 4) is 0 Å². The maximum absolute atomic E-state index is 5.91. The second kappa shape index (κ2) is 3.64. The van der Waals surface area contributed by atoms with Crippen LogP contribution in [0.5, 0.6) is 0 Å². The molecule has 2 bridgehead atoms. The van der Waals surface area contributed by atoms with E-state index in [0.717, 1.165) is 12.5 Å². The fraction of sp³-hybridized carbons (Fsp3) is 0.923. The van der Waals surface area contributed by atoms with Gasteiger partial charge in [0.1, 0.15) is 0 Å². The third-order valence-corrected chi connectivity index (χ3v) is 4.89. The third-order valence-electron chi connectivity index (χ3n) is 4.89. The van der Waals surface area contributed by atoms with E-state index in [-0.39, 0.29) is 0 Å². The van der Waals surface area contributed by atoms with E-state index in [9.17, 15) is 0 Å². The highest BCUT2D eigenvalue weighted by Gasteiger charge is 2.59. The highest BCUT2D eigenvalue weighted by molar-refractivity contribution is 5.78. The highest BCUT2D eigenvalue weighted by atomic mass is 15.1. The van der Waals surface area contributed by atoms with Gasteiger partial charge in [-0.15, -0.1) is 0 Å². The molecule has 3 atom stereocenters. The van der Waals surface area contributed by atoms with E-state index in [2.05, 4.69) is 31.1 Å². The van der Waals surface area contributed by atoms with Crippen molar-refractivity contribution in [3.05, 3.63) is 0 Å². The molecule has 92 valence electrons. The molecule has 0 aromatic heterocycles. The predicted molar refractivity (Wildman–Crippen MR) is 68.3 cm³/mol. The Kier molecular flexibility index (Phi) is 2.67. The van der Waals surface area contributed by atoms with Crippen LogP contribution in [0.25, 0.3) is 0 Å². The van der Waals surface area contributed by atoms with E-state index in [1.807, 2.05) is 6.92 Å². The maximum atomic E-state index is 5.91. The summed E-state index contributed by atoms with van der Waals surface area (Å²) in [7, 11) is 0. The lowest BCUT2D eigenvalue weighted by atomic mass is 9.68. The van der Waals surface area contributed by atoms with Gasteiger partial charge < -0.3 is 11.1 Å². The molecule has 3 unspecified atom stereocenters. The molecule has 3 N–H and O–H groups in total. The molecule has 2 rings (SSSR count). The first-order valence-corrected chi connectivity index (χ1v) is 6.46. The van der Waals surface area contributed by atoms with E-state index in [0.29, 0.717) is 22.8 Å². The fourth-order valence-corrected chi connectivity index (χ4v) is 4.03. The fourth-order valence-electron chi connectivity index (χ4n) is 4.03. The Labute approximate surface area is 98.9 Å². The van der Waals surface area contributed by atoms with Gasteiger partial charge in [0.05, 0.1) is 0 Å². The SMILES string of the molecule is CCN=C(N)NC1C2(C)CCC(C2)C1(C)C. The molecule has 3 nitrogen and oxygen atoms in total. The summed E-state index contributed by atoms with van der Waals surface area (Å²) in [6.07, 6.45) is 4.06.